The highest BCUT2D eigenvalue weighted by molar-refractivity contribution is 5.97. The van der Waals surface area contributed by atoms with E-state index >= 15 is 0 Å². The van der Waals surface area contributed by atoms with E-state index in [0.29, 0.717) is 17.2 Å². The molecule has 3 aromatic rings. The summed E-state index contributed by atoms with van der Waals surface area (Å²) in [6, 6.07) is 17.3. The molecule has 3 rings (SSSR count). The number of fused-ring (bicyclic) bond motifs is 1. The standard InChI is InChI=1S/C19H18N2O3/c1-13-7-10-18(24-13)14(2)20-21-19(22)12-23-17-9-8-15-5-3-4-6-16(15)11-17/h3-11H,12H2,1-2H3,(H,21,22). The molecular formula is C19H18N2O3. The zero-order valence-corrected chi connectivity index (χ0v) is 13.6. The smallest absolute Gasteiger partial charge is 0.277 e. The zero-order chi connectivity index (χ0) is 16.9. The monoisotopic (exact) mass is 322 g/mol. The van der Waals surface area contributed by atoms with Crippen LogP contribution in [-0.2, 0) is 4.79 Å². The van der Waals surface area contributed by atoms with Crippen LogP contribution in [-0.4, -0.2) is 18.2 Å². The van der Waals surface area contributed by atoms with Crippen LogP contribution in [0.15, 0.2) is 64.1 Å². The Balaban J connectivity index is 1.56. The van der Waals surface area contributed by atoms with Crippen LogP contribution < -0.4 is 10.2 Å². The van der Waals surface area contributed by atoms with Gasteiger partial charge in [0, 0.05) is 0 Å². The van der Waals surface area contributed by atoms with Gasteiger partial charge in [-0.2, -0.15) is 5.10 Å². The van der Waals surface area contributed by atoms with Gasteiger partial charge in [0.15, 0.2) is 6.61 Å². The largest absolute Gasteiger partial charge is 0.484 e. The summed E-state index contributed by atoms with van der Waals surface area (Å²) in [5.41, 5.74) is 3.06. The molecule has 0 radical (unpaired) electrons. The quantitative estimate of drug-likeness (QED) is 0.576. The SMILES string of the molecule is CC(=NNC(=O)COc1ccc2ccccc2c1)c1ccc(C)o1. The van der Waals surface area contributed by atoms with E-state index in [0.717, 1.165) is 16.5 Å². The van der Waals surface area contributed by atoms with E-state index in [4.69, 9.17) is 9.15 Å². The van der Waals surface area contributed by atoms with Gasteiger partial charge in [-0.25, -0.2) is 5.43 Å². The van der Waals surface area contributed by atoms with Crippen LogP contribution in [0.4, 0.5) is 0 Å². The summed E-state index contributed by atoms with van der Waals surface area (Å²) >= 11 is 0. The minimum absolute atomic E-state index is 0.105. The lowest BCUT2D eigenvalue weighted by Crippen LogP contribution is -2.25. The summed E-state index contributed by atoms with van der Waals surface area (Å²) in [7, 11) is 0. The Morgan fingerprint density at radius 1 is 1.12 bits per heavy atom. The fourth-order valence-electron chi connectivity index (χ4n) is 2.27. The molecule has 122 valence electrons. The van der Waals surface area contributed by atoms with Crippen LogP contribution in [0.1, 0.15) is 18.4 Å². The molecule has 5 nitrogen and oxygen atoms in total. The van der Waals surface area contributed by atoms with E-state index < -0.39 is 0 Å². The molecule has 1 N–H and O–H groups in total. The van der Waals surface area contributed by atoms with Crippen molar-refractivity contribution in [3.63, 3.8) is 0 Å². The van der Waals surface area contributed by atoms with Gasteiger partial charge in [0.2, 0.25) is 0 Å². The molecule has 0 fully saturated rings. The number of hydrazone groups is 1. The molecule has 24 heavy (non-hydrogen) atoms. The third-order valence-electron chi connectivity index (χ3n) is 3.54. The van der Waals surface area contributed by atoms with Crippen molar-refractivity contribution in [1.82, 2.24) is 5.43 Å². The highest BCUT2D eigenvalue weighted by Gasteiger charge is 2.05. The van der Waals surface area contributed by atoms with Gasteiger partial charge in [-0.05, 0) is 48.9 Å². The Labute approximate surface area is 139 Å². The number of rotatable bonds is 5. The molecule has 1 aromatic heterocycles. The molecule has 0 aliphatic rings. The lowest BCUT2D eigenvalue weighted by molar-refractivity contribution is -0.123. The van der Waals surface area contributed by atoms with Crippen molar-refractivity contribution in [2.24, 2.45) is 5.10 Å². The minimum atomic E-state index is -0.328. The van der Waals surface area contributed by atoms with Crippen molar-refractivity contribution >= 4 is 22.4 Å². The van der Waals surface area contributed by atoms with E-state index in [1.54, 1.807) is 6.92 Å². The van der Waals surface area contributed by atoms with Gasteiger partial charge < -0.3 is 9.15 Å². The average molecular weight is 322 g/mol. The van der Waals surface area contributed by atoms with E-state index in [1.165, 1.54) is 0 Å². The summed E-state index contributed by atoms with van der Waals surface area (Å²) in [6.07, 6.45) is 0. The summed E-state index contributed by atoms with van der Waals surface area (Å²) in [5.74, 6) is 1.74. The fraction of sp³-hybridized carbons (Fsp3) is 0.158. The first-order chi connectivity index (χ1) is 11.6. The van der Waals surface area contributed by atoms with Gasteiger partial charge in [-0.3, -0.25) is 4.79 Å². The van der Waals surface area contributed by atoms with Gasteiger partial charge in [-0.1, -0.05) is 30.3 Å². The Hall–Kier alpha value is -3.08. The zero-order valence-electron chi connectivity index (χ0n) is 13.6. The summed E-state index contributed by atoms with van der Waals surface area (Å²) in [5, 5.41) is 6.21. The molecule has 2 aromatic carbocycles. The molecule has 0 bridgehead atoms. The van der Waals surface area contributed by atoms with Crippen molar-refractivity contribution in [2.75, 3.05) is 6.61 Å². The van der Waals surface area contributed by atoms with Crippen LogP contribution in [0, 0.1) is 6.92 Å². The number of hydrogen-bond donors (Lipinski definition) is 1. The van der Waals surface area contributed by atoms with Crippen LogP contribution in [0.2, 0.25) is 0 Å². The lowest BCUT2D eigenvalue weighted by Gasteiger charge is -2.06. The number of ether oxygens (including phenoxy) is 1. The molecule has 0 saturated carbocycles. The lowest BCUT2D eigenvalue weighted by atomic mass is 10.1. The molecule has 0 spiro atoms. The number of hydrogen-bond acceptors (Lipinski definition) is 4. The first kappa shape index (κ1) is 15.8. The summed E-state index contributed by atoms with van der Waals surface area (Å²) in [6.45, 7) is 3.52. The second-order valence-corrected chi connectivity index (χ2v) is 5.44. The van der Waals surface area contributed by atoms with Crippen LogP contribution in [0.25, 0.3) is 10.8 Å². The average Bonchev–Trinajstić information content (AvgIpc) is 3.04. The minimum Gasteiger partial charge on any atom is -0.484 e. The molecule has 0 aliphatic heterocycles. The topological polar surface area (TPSA) is 63.8 Å². The maximum absolute atomic E-state index is 11.8. The van der Waals surface area contributed by atoms with Gasteiger partial charge in [0.1, 0.15) is 23.0 Å². The number of carbonyl (C=O) groups is 1. The van der Waals surface area contributed by atoms with E-state index in [2.05, 4.69) is 10.5 Å². The van der Waals surface area contributed by atoms with E-state index in [9.17, 15) is 4.79 Å². The van der Waals surface area contributed by atoms with Gasteiger partial charge in [-0.15, -0.1) is 0 Å². The Morgan fingerprint density at radius 2 is 1.92 bits per heavy atom. The number of amides is 1. The first-order valence-corrected chi connectivity index (χ1v) is 7.63. The third kappa shape index (κ3) is 3.81. The Bertz CT molecular complexity index is 896. The van der Waals surface area contributed by atoms with Gasteiger partial charge >= 0.3 is 0 Å². The summed E-state index contributed by atoms with van der Waals surface area (Å²) in [4.78, 5) is 11.8. The second-order valence-electron chi connectivity index (χ2n) is 5.44. The second kappa shape index (κ2) is 7.00. The van der Waals surface area contributed by atoms with Crippen molar-refractivity contribution in [3.8, 4) is 5.75 Å². The predicted octanol–water partition coefficient (Wildman–Crippen LogP) is 3.66. The highest BCUT2D eigenvalue weighted by atomic mass is 16.5. The third-order valence-corrected chi connectivity index (χ3v) is 3.54. The molecule has 0 unspecified atom stereocenters. The van der Waals surface area contributed by atoms with Crippen LogP contribution in [0.5, 0.6) is 5.75 Å². The fourth-order valence-corrected chi connectivity index (χ4v) is 2.27. The maximum Gasteiger partial charge on any atom is 0.277 e. The van der Waals surface area contributed by atoms with Crippen LogP contribution >= 0.6 is 0 Å². The van der Waals surface area contributed by atoms with Gasteiger partial charge in [0.05, 0.1) is 0 Å². The van der Waals surface area contributed by atoms with Gasteiger partial charge in [0.25, 0.3) is 5.91 Å². The molecule has 5 heteroatoms. The van der Waals surface area contributed by atoms with Crippen molar-refractivity contribution in [3.05, 3.63) is 66.1 Å². The number of nitrogens with one attached hydrogen (secondary N) is 1. The first-order valence-electron chi connectivity index (χ1n) is 7.63. The summed E-state index contributed by atoms with van der Waals surface area (Å²) < 4.78 is 10.9. The molecule has 0 atom stereocenters. The molecule has 0 aliphatic carbocycles. The predicted molar refractivity (Wildman–Crippen MR) is 93.2 cm³/mol. The Kier molecular flexibility index (Phi) is 4.61. The number of carbonyl (C=O) groups excluding carboxylic acids is 1. The van der Waals surface area contributed by atoms with E-state index in [-0.39, 0.29) is 12.5 Å². The normalized spacial score (nSPS) is 11.5. The number of aryl methyl sites for hydroxylation is 1. The maximum atomic E-state index is 11.8. The number of furan rings is 1. The highest BCUT2D eigenvalue weighted by Crippen LogP contribution is 2.20. The Morgan fingerprint density at radius 3 is 2.67 bits per heavy atom. The molecule has 0 saturated heterocycles. The van der Waals surface area contributed by atoms with Crippen molar-refractivity contribution in [1.29, 1.82) is 0 Å². The molecular weight excluding hydrogens is 304 g/mol. The van der Waals surface area contributed by atoms with E-state index in [1.807, 2.05) is 61.5 Å². The molecule has 1 heterocycles. The van der Waals surface area contributed by atoms with Crippen molar-refractivity contribution < 1.29 is 13.9 Å². The number of benzene rings is 2. The molecule has 1 amide bonds. The van der Waals surface area contributed by atoms with Crippen LogP contribution in [0.3, 0.4) is 0 Å². The number of nitrogens with zero attached hydrogens (tertiary/aromatic N) is 1. The van der Waals surface area contributed by atoms with Crippen molar-refractivity contribution in [2.45, 2.75) is 13.8 Å².